The van der Waals surface area contributed by atoms with Gasteiger partial charge in [-0.25, -0.2) is 9.78 Å². The summed E-state index contributed by atoms with van der Waals surface area (Å²) in [5.74, 6) is -0.307. The van der Waals surface area contributed by atoms with Crippen LogP contribution in [0.15, 0.2) is 36.4 Å². The monoisotopic (exact) mass is 305 g/mol. The fourth-order valence-corrected chi connectivity index (χ4v) is 2.14. The topological polar surface area (TPSA) is 59.4 Å². The van der Waals surface area contributed by atoms with E-state index in [1.807, 2.05) is 26.0 Å². The standard InChI is InChI=1S/C16H16ClNO3/c1-10(2)21-15-7-6-12(17)8-11(15)9-13-4-3-5-14(18-13)16(19)20/h3-8,10H,9H2,1-2H3,(H,19,20). The third-order valence-electron chi connectivity index (χ3n) is 2.78. The maximum absolute atomic E-state index is 11.0. The summed E-state index contributed by atoms with van der Waals surface area (Å²) in [5.41, 5.74) is 1.57. The minimum absolute atomic E-state index is 0.0286. The molecule has 0 bridgehead atoms. The minimum atomic E-state index is -1.04. The number of pyridine rings is 1. The highest BCUT2D eigenvalue weighted by atomic mass is 35.5. The average Bonchev–Trinajstić information content (AvgIpc) is 2.42. The molecule has 0 amide bonds. The lowest BCUT2D eigenvalue weighted by atomic mass is 10.1. The molecule has 0 saturated heterocycles. The second-order valence-electron chi connectivity index (χ2n) is 4.91. The predicted octanol–water partition coefficient (Wildman–Crippen LogP) is 3.81. The van der Waals surface area contributed by atoms with Crippen molar-refractivity contribution in [3.8, 4) is 5.75 Å². The van der Waals surface area contributed by atoms with E-state index in [1.54, 1.807) is 18.2 Å². The number of rotatable bonds is 5. The molecule has 0 spiro atoms. The number of nitrogens with zero attached hydrogens (tertiary/aromatic N) is 1. The van der Waals surface area contributed by atoms with Crippen LogP contribution < -0.4 is 4.74 Å². The van der Waals surface area contributed by atoms with Crippen LogP contribution in [0.5, 0.6) is 5.75 Å². The zero-order chi connectivity index (χ0) is 15.4. The number of halogens is 1. The quantitative estimate of drug-likeness (QED) is 0.912. The van der Waals surface area contributed by atoms with E-state index in [-0.39, 0.29) is 11.8 Å². The Morgan fingerprint density at radius 2 is 2.10 bits per heavy atom. The maximum Gasteiger partial charge on any atom is 0.354 e. The van der Waals surface area contributed by atoms with Gasteiger partial charge in [0.05, 0.1) is 6.10 Å². The first-order valence-electron chi connectivity index (χ1n) is 6.60. The molecule has 2 rings (SSSR count). The number of aromatic carboxylic acids is 1. The smallest absolute Gasteiger partial charge is 0.354 e. The van der Waals surface area contributed by atoms with Crippen molar-refractivity contribution in [3.05, 3.63) is 58.4 Å². The number of hydrogen-bond acceptors (Lipinski definition) is 3. The third-order valence-corrected chi connectivity index (χ3v) is 3.02. The third kappa shape index (κ3) is 4.20. The molecule has 4 nitrogen and oxygen atoms in total. The van der Waals surface area contributed by atoms with E-state index in [0.717, 1.165) is 11.3 Å². The number of carbonyl (C=O) groups is 1. The van der Waals surface area contributed by atoms with Crippen molar-refractivity contribution in [2.24, 2.45) is 0 Å². The Balaban J connectivity index is 2.32. The van der Waals surface area contributed by atoms with Crippen LogP contribution in [0.1, 0.15) is 35.6 Å². The van der Waals surface area contributed by atoms with Gasteiger partial charge < -0.3 is 9.84 Å². The largest absolute Gasteiger partial charge is 0.491 e. The average molecular weight is 306 g/mol. The molecule has 0 aliphatic heterocycles. The summed E-state index contributed by atoms with van der Waals surface area (Å²) in [6.07, 6.45) is 0.507. The van der Waals surface area contributed by atoms with Crippen molar-refractivity contribution < 1.29 is 14.6 Å². The molecule has 5 heteroatoms. The molecule has 1 aromatic carbocycles. The number of benzene rings is 1. The number of aromatic nitrogens is 1. The number of hydrogen-bond donors (Lipinski definition) is 1. The first kappa shape index (κ1) is 15.3. The van der Waals surface area contributed by atoms with Crippen LogP contribution in [-0.4, -0.2) is 22.2 Å². The molecule has 110 valence electrons. The minimum Gasteiger partial charge on any atom is -0.491 e. The van der Waals surface area contributed by atoms with Gasteiger partial charge >= 0.3 is 5.97 Å². The van der Waals surface area contributed by atoms with E-state index >= 15 is 0 Å². The molecule has 0 saturated carbocycles. The van der Waals surface area contributed by atoms with Crippen LogP contribution in [0, 0.1) is 0 Å². The highest BCUT2D eigenvalue weighted by Crippen LogP contribution is 2.26. The highest BCUT2D eigenvalue weighted by molar-refractivity contribution is 6.30. The second-order valence-corrected chi connectivity index (χ2v) is 5.35. The van der Waals surface area contributed by atoms with Crippen molar-refractivity contribution in [2.45, 2.75) is 26.4 Å². The van der Waals surface area contributed by atoms with Gasteiger partial charge in [0.2, 0.25) is 0 Å². The first-order valence-corrected chi connectivity index (χ1v) is 6.98. The fraction of sp³-hybridized carbons (Fsp3) is 0.250. The summed E-state index contributed by atoms with van der Waals surface area (Å²) in [5, 5.41) is 9.59. The Labute approximate surface area is 128 Å². The number of carboxylic acid groups (broad SMARTS) is 1. The van der Waals surface area contributed by atoms with Gasteiger partial charge in [-0.1, -0.05) is 17.7 Å². The predicted molar refractivity (Wildman–Crippen MR) is 81.2 cm³/mol. The zero-order valence-electron chi connectivity index (χ0n) is 11.8. The molecule has 1 aromatic heterocycles. The van der Waals surface area contributed by atoms with Crippen molar-refractivity contribution in [1.29, 1.82) is 0 Å². The van der Waals surface area contributed by atoms with Crippen LogP contribution in [0.25, 0.3) is 0 Å². The maximum atomic E-state index is 11.0. The molecule has 1 heterocycles. The highest BCUT2D eigenvalue weighted by Gasteiger charge is 2.10. The van der Waals surface area contributed by atoms with E-state index in [9.17, 15) is 4.79 Å². The van der Waals surface area contributed by atoms with Crippen LogP contribution in [-0.2, 0) is 6.42 Å². The molecule has 21 heavy (non-hydrogen) atoms. The van der Waals surface area contributed by atoms with E-state index in [2.05, 4.69) is 4.98 Å². The SMILES string of the molecule is CC(C)Oc1ccc(Cl)cc1Cc1cccc(C(=O)O)n1. The number of carboxylic acids is 1. The van der Waals surface area contributed by atoms with Gasteiger partial charge in [-0.05, 0) is 44.2 Å². The molecule has 0 unspecified atom stereocenters. The summed E-state index contributed by atoms with van der Waals surface area (Å²) in [6, 6.07) is 10.3. The van der Waals surface area contributed by atoms with Crippen LogP contribution >= 0.6 is 11.6 Å². The van der Waals surface area contributed by atoms with Gasteiger partial charge in [-0.2, -0.15) is 0 Å². The molecule has 0 atom stereocenters. The summed E-state index contributed by atoms with van der Waals surface area (Å²) in [7, 11) is 0. The van der Waals surface area contributed by atoms with Crippen molar-refractivity contribution in [1.82, 2.24) is 4.98 Å². The summed E-state index contributed by atoms with van der Waals surface area (Å²) in [4.78, 5) is 15.1. The van der Waals surface area contributed by atoms with Crippen molar-refractivity contribution >= 4 is 17.6 Å². The van der Waals surface area contributed by atoms with E-state index in [0.29, 0.717) is 17.1 Å². The number of ether oxygens (including phenoxy) is 1. The van der Waals surface area contributed by atoms with Crippen LogP contribution in [0.4, 0.5) is 0 Å². The van der Waals surface area contributed by atoms with Gasteiger partial charge in [-0.15, -0.1) is 0 Å². The van der Waals surface area contributed by atoms with Gasteiger partial charge in [0, 0.05) is 22.7 Å². The summed E-state index contributed by atoms with van der Waals surface area (Å²) in [6.45, 7) is 3.89. The first-order chi connectivity index (χ1) is 9.95. The fourth-order valence-electron chi connectivity index (χ4n) is 1.95. The van der Waals surface area contributed by atoms with E-state index < -0.39 is 5.97 Å². The van der Waals surface area contributed by atoms with Gasteiger partial charge in [-0.3, -0.25) is 0 Å². The molecule has 0 aliphatic carbocycles. The molecule has 2 aromatic rings. The van der Waals surface area contributed by atoms with Gasteiger partial charge in [0.15, 0.2) is 0 Å². The van der Waals surface area contributed by atoms with E-state index in [1.165, 1.54) is 6.07 Å². The van der Waals surface area contributed by atoms with Gasteiger partial charge in [0.25, 0.3) is 0 Å². The normalized spacial score (nSPS) is 10.7. The molecule has 1 N–H and O–H groups in total. The molecular weight excluding hydrogens is 290 g/mol. The Morgan fingerprint density at radius 1 is 1.33 bits per heavy atom. The molecular formula is C16H16ClNO3. The molecule has 0 aliphatic rings. The Morgan fingerprint density at radius 3 is 2.76 bits per heavy atom. The Hall–Kier alpha value is -2.07. The Kier molecular flexibility index (Phi) is 4.81. The Bertz CT molecular complexity index is 656. The van der Waals surface area contributed by atoms with Gasteiger partial charge in [0.1, 0.15) is 11.4 Å². The molecule has 0 radical (unpaired) electrons. The van der Waals surface area contributed by atoms with Crippen LogP contribution in [0.2, 0.25) is 5.02 Å². The lowest BCUT2D eigenvalue weighted by Gasteiger charge is -2.14. The lowest BCUT2D eigenvalue weighted by Crippen LogP contribution is -2.08. The zero-order valence-corrected chi connectivity index (χ0v) is 12.6. The lowest BCUT2D eigenvalue weighted by molar-refractivity contribution is 0.0690. The van der Waals surface area contributed by atoms with Crippen LogP contribution in [0.3, 0.4) is 0 Å². The molecule has 0 fully saturated rings. The summed E-state index contributed by atoms with van der Waals surface area (Å²) < 4.78 is 5.75. The van der Waals surface area contributed by atoms with Crippen molar-refractivity contribution in [3.63, 3.8) is 0 Å². The summed E-state index contributed by atoms with van der Waals surface area (Å²) >= 11 is 6.03. The second kappa shape index (κ2) is 6.59. The van der Waals surface area contributed by atoms with E-state index in [4.69, 9.17) is 21.4 Å². The van der Waals surface area contributed by atoms with Crippen molar-refractivity contribution in [2.75, 3.05) is 0 Å².